The molecule has 0 aromatic heterocycles. The first-order valence-corrected chi connectivity index (χ1v) is 10.7. The lowest BCUT2D eigenvalue weighted by Gasteiger charge is -2.70. The molecule has 1 spiro atoms. The molecule has 9 atom stereocenters. The van der Waals surface area contributed by atoms with Gasteiger partial charge in [-0.25, -0.2) is 0 Å². The molecular formula is C22H32O4. The number of carbonyl (C=O) groups is 2. The van der Waals surface area contributed by atoms with E-state index < -0.39 is 11.6 Å². The van der Waals surface area contributed by atoms with Gasteiger partial charge < -0.3 is 9.84 Å². The van der Waals surface area contributed by atoms with Gasteiger partial charge in [-0.15, -0.1) is 0 Å². The van der Waals surface area contributed by atoms with Gasteiger partial charge in [0.15, 0.2) is 5.78 Å². The number of carboxylic acid groups (broad SMARTS) is 1. The molecule has 5 unspecified atom stereocenters. The van der Waals surface area contributed by atoms with Crippen LogP contribution in [0, 0.1) is 40.4 Å². The summed E-state index contributed by atoms with van der Waals surface area (Å²) in [5, 5.41) is 9.60. The number of ether oxygens (including phenoxy) is 1. The average Bonchev–Trinajstić information content (AvgIpc) is 2.90. The number of ketones is 1. The Morgan fingerprint density at radius 1 is 1.15 bits per heavy atom. The third-order valence-corrected chi connectivity index (χ3v) is 9.90. The first-order chi connectivity index (χ1) is 12.2. The molecule has 1 N–H and O–H groups in total. The van der Waals surface area contributed by atoms with E-state index in [4.69, 9.17) is 4.74 Å². The van der Waals surface area contributed by atoms with Crippen molar-refractivity contribution in [2.45, 2.75) is 83.8 Å². The Kier molecular flexibility index (Phi) is 3.39. The SMILES string of the molecule is CC(C(=O)O)C1CCC2C3CCC4C[C@H]5CC[C@]4(C)[C@@]3(O5)C(=O)C[C@]12C. The van der Waals surface area contributed by atoms with Crippen LogP contribution in [0.15, 0.2) is 0 Å². The second-order valence-electron chi connectivity index (χ2n) is 10.6. The highest BCUT2D eigenvalue weighted by Gasteiger charge is 2.74. The summed E-state index contributed by atoms with van der Waals surface area (Å²) in [6, 6.07) is 0. The van der Waals surface area contributed by atoms with E-state index >= 15 is 0 Å². The third-order valence-electron chi connectivity index (χ3n) is 9.90. The largest absolute Gasteiger partial charge is 0.481 e. The van der Waals surface area contributed by atoms with Crippen LogP contribution in [0.1, 0.15) is 72.1 Å². The minimum atomic E-state index is -0.715. The quantitative estimate of drug-likeness (QED) is 0.806. The zero-order valence-corrected chi connectivity index (χ0v) is 16.3. The summed E-state index contributed by atoms with van der Waals surface area (Å²) in [6.07, 6.45) is 8.48. The number of Topliss-reactive ketones (excluding diaryl/α,β-unsaturated/α-hetero) is 1. The van der Waals surface area contributed by atoms with Crippen molar-refractivity contribution in [3.63, 3.8) is 0 Å². The van der Waals surface area contributed by atoms with Gasteiger partial charge in [0.2, 0.25) is 0 Å². The van der Waals surface area contributed by atoms with Crippen molar-refractivity contribution < 1.29 is 19.4 Å². The summed E-state index contributed by atoms with van der Waals surface area (Å²) in [5.41, 5.74) is -0.740. The van der Waals surface area contributed by atoms with Crippen molar-refractivity contribution in [1.29, 1.82) is 0 Å². The standard InChI is InChI=1S/C22H32O4/c1-12(19(24)25)15-6-7-16-17-5-4-13-10-14-8-9-21(13,3)22(17,26-14)18(23)11-20(15,16)2/h12-17H,4-11H2,1-3H3,(H,24,25)/t12?,13?,14-,15?,16?,17?,20-,21+,22+/m1/s1. The normalized spacial score (nSPS) is 56.0. The van der Waals surface area contributed by atoms with E-state index in [0.717, 1.165) is 38.5 Å². The lowest BCUT2D eigenvalue weighted by atomic mass is 9.40. The van der Waals surface area contributed by atoms with Gasteiger partial charge in [-0.1, -0.05) is 20.8 Å². The Hall–Kier alpha value is -0.900. The number of carboxylic acids is 1. The molecule has 4 nitrogen and oxygen atoms in total. The van der Waals surface area contributed by atoms with Crippen LogP contribution in [-0.2, 0) is 14.3 Å². The number of carbonyl (C=O) groups excluding carboxylic acids is 1. The maximum atomic E-state index is 13.8. The van der Waals surface area contributed by atoms with Crippen molar-refractivity contribution in [2.24, 2.45) is 40.4 Å². The van der Waals surface area contributed by atoms with Gasteiger partial charge >= 0.3 is 5.97 Å². The summed E-state index contributed by atoms with van der Waals surface area (Å²) in [6.45, 7) is 6.40. The van der Waals surface area contributed by atoms with Crippen molar-refractivity contribution >= 4 is 11.8 Å². The molecule has 6 aliphatic rings. The molecular weight excluding hydrogens is 328 g/mol. The molecule has 4 saturated carbocycles. The second-order valence-corrected chi connectivity index (χ2v) is 10.6. The van der Waals surface area contributed by atoms with E-state index in [1.54, 1.807) is 0 Å². The fraction of sp³-hybridized carbons (Fsp3) is 0.909. The van der Waals surface area contributed by atoms with E-state index in [1.165, 1.54) is 6.42 Å². The Morgan fingerprint density at radius 3 is 2.62 bits per heavy atom. The highest BCUT2D eigenvalue weighted by Crippen LogP contribution is 2.72. The van der Waals surface area contributed by atoms with Crippen LogP contribution in [-0.4, -0.2) is 28.6 Å². The smallest absolute Gasteiger partial charge is 0.306 e. The van der Waals surface area contributed by atoms with Gasteiger partial charge in [-0.05, 0) is 74.0 Å². The molecule has 2 saturated heterocycles. The summed E-state index contributed by atoms with van der Waals surface area (Å²) in [5.74, 6) is 0.693. The second kappa shape index (κ2) is 5.12. The molecule has 2 aliphatic heterocycles. The maximum Gasteiger partial charge on any atom is 0.306 e. The minimum Gasteiger partial charge on any atom is -0.481 e. The highest BCUT2D eigenvalue weighted by molar-refractivity contribution is 5.91. The number of aliphatic carboxylic acids is 1. The van der Waals surface area contributed by atoms with Gasteiger partial charge in [0.05, 0.1) is 12.0 Å². The molecule has 2 heterocycles. The fourth-order valence-electron chi connectivity index (χ4n) is 8.65. The monoisotopic (exact) mass is 360 g/mol. The molecule has 4 aliphatic carbocycles. The predicted molar refractivity (Wildman–Crippen MR) is 96.5 cm³/mol. The zero-order valence-electron chi connectivity index (χ0n) is 16.3. The van der Waals surface area contributed by atoms with E-state index in [9.17, 15) is 14.7 Å². The van der Waals surface area contributed by atoms with Crippen LogP contribution >= 0.6 is 0 Å². The molecule has 0 radical (unpaired) electrons. The van der Waals surface area contributed by atoms with Crippen LogP contribution < -0.4 is 0 Å². The summed E-state index contributed by atoms with van der Waals surface area (Å²) in [7, 11) is 0. The molecule has 4 heteroatoms. The Labute approximate surface area is 156 Å². The molecule has 0 aromatic carbocycles. The van der Waals surface area contributed by atoms with Gasteiger partial charge in [0.25, 0.3) is 0 Å². The van der Waals surface area contributed by atoms with Crippen LogP contribution in [0.5, 0.6) is 0 Å². The summed E-state index contributed by atoms with van der Waals surface area (Å²) in [4.78, 5) is 25.5. The van der Waals surface area contributed by atoms with E-state index in [1.807, 2.05) is 6.92 Å². The summed E-state index contributed by atoms with van der Waals surface area (Å²) >= 11 is 0. The summed E-state index contributed by atoms with van der Waals surface area (Å²) < 4.78 is 6.69. The topological polar surface area (TPSA) is 63.6 Å². The minimum absolute atomic E-state index is 0.000416. The van der Waals surface area contributed by atoms with Gasteiger partial charge in [0.1, 0.15) is 5.60 Å². The first kappa shape index (κ1) is 17.2. The first-order valence-electron chi connectivity index (χ1n) is 10.7. The van der Waals surface area contributed by atoms with E-state index in [0.29, 0.717) is 30.0 Å². The number of hydrogen-bond acceptors (Lipinski definition) is 3. The molecule has 0 aromatic rings. The molecule has 144 valence electrons. The van der Waals surface area contributed by atoms with Crippen LogP contribution in [0.25, 0.3) is 0 Å². The molecule has 6 rings (SSSR count). The Balaban J connectivity index is 1.58. The van der Waals surface area contributed by atoms with E-state index in [-0.39, 0.29) is 28.8 Å². The Morgan fingerprint density at radius 2 is 1.88 bits per heavy atom. The van der Waals surface area contributed by atoms with Crippen LogP contribution in [0.4, 0.5) is 0 Å². The lowest BCUT2D eigenvalue weighted by Crippen LogP contribution is -2.75. The maximum absolute atomic E-state index is 13.8. The van der Waals surface area contributed by atoms with Crippen molar-refractivity contribution in [1.82, 2.24) is 0 Å². The number of fused-ring (bicyclic) bond motifs is 3. The van der Waals surface area contributed by atoms with Gasteiger partial charge in [-0.3, -0.25) is 9.59 Å². The van der Waals surface area contributed by atoms with Crippen molar-refractivity contribution in [3.05, 3.63) is 0 Å². The van der Waals surface area contributed by atoms with Gasteiger partial charge in [-0.2, -0.15) is 0 Å². The molecule has 0 amide bonds. The van der Waals surface area contributed by atoms with Crippen molar-refractivity contribution in [3.8, 4) is 0 Å². The molecule has 26 heavy (non-hydrogen) atoms. The zero-order chi connectivity index (χ0) is 18.5. The lowest BCUT2D eigenvalue weighted by molar-refractivity contribution is -0.307. The third kappa shape index (κ3) is 1.76. The van der Waals surface area contributed by atoms with Crippen molar-refractivity contribution in [2.75, 3.05) is 0 Å². The molecule has 6 fully saturated rings. The highest BCUT2D eigenvalue weighted by atomic mass is 16.5. The Bertz CT molecular complexity index is 673. The number of hydrogen-bond donors (Lipinski definition) is 1. The number of rotatable bonds is 2. The molecule has 4 bridgehead atoms. The van der Waals surface area contributed by atoms with E-state index in [2.05, 4.69) is 13.8 Å². The predicted octanol–water partition coefficient (Wildman–Crippen LogP) is 4.07. The van der Waals surface area contributed by atoms with Crippen LogP contribution in [0.2, 0.25) is 0 Å². The van der Waals surface area contributed by atoms with Gasteiger partial charge in [0, 0.05) is 11.8 Å². The van der Waals surface area contributed by atoms with Crippen LogP contribution in [0.3, 0.4) is 0 Å². The average molecular weight is 360 g/mol. The fourth-order valence-corrected chi connectivity index (χ4v) is 8.65.